The summed E-state index contributed by atoms with van der Waals surface area (Å²) in [5.74, 6) is 0.149. The maximum atomic E-state index is 14.2. The Balaban J connectivity index is 1.42. The van der Waals surface area contributed by atoms with Gasteiger partial charge in [-0.2, -0.15) is 13.2 Å². The van der Waals surface area contributed by atoms with Crippen LogP contribution in [0.3, 0.4) is 0 Å². The zero-order chi connectivity index (χ0) is 35.6. The Hall–Kier alpha value is -4.47. The highest BCUT2D eigenvalue weighted by molar-refractivity contribution is 9.10. The minimum Gasteiger partial charge on any atom is -0.496 e. The van der Waals surface area contributed by atoms with Gasteiger partial charge in [0.05, 0.1) is 35.2 Å². The summed E-state index contributed by atoms with van der Waals surface area (Å²) in [5, 5.41) is 0.0609. The van der Waals surface area contributed by atoms with E-state index < -0.39 is 29.4 Å². The number of rotatable bonds is 10. The van der Waals surface area contributed by atoms with Gasteiger partial charge in [0.25, 0.3) is 5.56 Å². The normalized spacial score (nSPS) is 14.8. The number of furan rings is 1. The van der Waals surface area contributed by atoms with Gasteiger partial charge in [-0.3, -0.25) is 9.36 Å². The molecule has 258 valence electrons. The van der Waals surface area contributed by atoms with Crippen LogP contribution in [0.5, 0.6) is 5.75 Å². The zero-order valence-corrected chi connectivity index (χ0v) is 30.0. The minimum atomic E-state index is -4.69. The summed E-state index contributed by atoms with van der Waals surface area (Å²) >= 11 is 5.45. The summed E-state index contributed by atoms with van der Waals surface area (Å²) in [4.78, 5) is 40.9. The molecule has 1 aliphatic heterocycles. The number of nitrogens with zero attached hydrogens (tertiary/aromatic N) is 4. The molecule has 4 heterocycles. The average Bonchev–Trinajstić information content (AvgIpc) is 3.66. The Bertz CT molecular complexity index is 2280. The number of alkyl halides is 3. The second-order valence-corrected chi connectivity index (χ2v) is 13.7. The van der Waals surface area contributed by atoms with Crippen molar-refractivity contribution in [2.75, 3.05) is 13.7 Å². The molecular formula is C35H28BrF3N4O5S2. The van der Waals surface area contributed by atoms with Crippen LogP contribution in [0.2, 0.25) is 0 Å². The number of fused-ring (bicyclic) bond motifs is 1. The van der Waals surface area contributed by atoms with Crippen LogP contribution in [0, 0.1) is 0 Å². The van der Waals surface area contributed by atoms with E-state index in [4.69, 9.17) is 18.9 Å². The van der Waals surface area contributed by atoms with E-state index in [1.54, 1.807) is 67.6 Å². The van der Waals surface area contributed by atoms with Crippen LogP contribution in [0.25, 0.3) is 17.3 Å². The number of methoxy groups -OCH3 is 1. The maximum absolute atomic E-state index is 14.2. The molecular weight excluding hydrogens is 757 g/mol. The average molecular weight is 786 g/mol. The molecule has 2 aromatic carbocycles. The Morgan fingerprint density at radius 1 is 1.10 bits per heavy atom. The molecule has 5 aromatic rings. The molecule has 6 rings (SSSR count). The molecule has 1 aliphatic rings. The van der Waals surface area contributed by atoms with E-state index in [1.165, 1.54) is 17.8 Å². The molecule has 0 saturated heterocycles. The molecule has 0 aliphatic carbocycles. The van der Waals surface area contributed by atoms with Gasteiger partial charge >= 0.3 is 12.1 Å². The lowest BCUT2D eigenvalue weighted by atomic mass is 9.93. The largest absolute Gasteiger partial charge is 0.496 e. The van der Waals surface area contributed by atoms with Crippen molar-refractivity contribution in [2.45, 2.75) is 49.2 Å². The third-order valence-electron chi connectivity index (χ3n) is 7.51. The minimum absolute atomic E-state index is 0.115. The highest BCUT2D eigenvalue weighted by Crippen LogP contribution is 2.39. The summed E-state index contributed by atoms with van der Waals surface area (Å²) in [7, 11) is 1.51. The standard InChI is InChI=1S/C35H28BrF3N4O5S2/c1-4-9-23-29(32(45)47-5-2)30(22-16-20(36)12-14-25(22)46-3)43-31(44)26(49-34(43)41-23)17-21-13-15-28(48-21)50-33-40-24(19-10-7-6-8-11-19)18-27(42-33)35(37,38)39/h6-8,10-18,30H,4-5,9H2,1-3H3/b26-17-/t30-/m1/s1. The van der Waals surface area contributed by atoms with Crippen LogP contribution in [-0.2, 0) is 15.7 Å². The molecule has 0 saturated carbocycles. The number of carbonyl (C=O) groups excluding carboxylic acids is 1. The second-order valence-electron chi connectivity index (χ2n) is 10.8. The summed E-state index contributed by atoms with van der Waals surface area (Å²) in [6.07, 6.45) is -2.01. The number of esters is 1. The molecule has 0 unspecified atom stereocenters. The van der Waals surface area contributed by atoms with Crippen molar-refractivity contribution in [3.63, 3.8) is 0 Å². The lowest BCUT2D eigenvalue weighted by Gasteiger charge is -2.27. The van der Waals surface area contributed by atoms with E-state index in [-0.39, 0.29) is 38.4 Å². The number of hydrogen-bond donors (Lipinski definition) is 0. The summed E-state index contributed by atoms with van der Waals surface area (Å²) < 4.78 is 60.7. The third kappa shape index (κ3) is 7.35. The zero-order valence-electron chi connectivity index (χ0n) is 26.8. The topological polar surface area (TPSA) is 109 Å². The molecule has 15 heteroatoms. The highest BCUT2D eigenvalue weighted by Gasteiger charge is 2.36. The van der Waals surface area contributed by atoms with Gasteiger partial charge in [0.1, 0.15) is 23.2 Å². The molecule has 50 heavy (non-hydrogen) atoms. The van der Waals surface area contributed by atoms with E-state index in [9.17, 15) is 22.8 Å². The first-order chi connectivity index (χ1) is 24.0. The molecule has 0 bridgehead atoms. The van der Waals surface area contributed by atoms with Crippen LogP contribution in [0.4, 0.5) is 13.2 Å². The number of hydrogen-bond acceptors (Lipinski definition) is 10. The van der Waals surface area contributed by atoms with Crippen molar-refractivity contribution in [1.82, 2.24) is 14.5 Å². The fraction of sp³-hybridized carbons (Fsp3) is 0.229. The Labute approximate surface area is 300 Å². The number of allylic oxidation sites excluding steroid dienone is 1. The van der Waals surface area contributed by atoms with E-state index in [0.29, 0.717) is 44.7 Å². The molecule has 0 N–H and O–H groups in total. The van der Waals surface area contributed by atoms with Gasteiger partial charge in [-0.05, 0) is 61.5 Å². The van der Waals surface area contributed by atoms with Gasteiger partial charge in [0.15, 0.2) is 15.1 Å². The van der Waals surface area contributed by atoms with E-state index in [2.05, 4.69) is 25.9 Å². The van der Waals surface area contributed by atoms with Gasteiger partial charge < -0.3 is 13.9 Å². The van der Waals surface area contributed by atoms with Crippen LogP contribution in [-0.4, -0.2) is 34.2 Å². The molecule has 0 radical (unpaired) electrons. The highest BCUT2D eigenvalue weighted by atomic mass is 79.9. The van der Waals surface area contributed by atoms with Gasteiger partial charge in [-0.25, -0.2) is 19.8 Å². The summed E-state index contributed by atoms with van der Waals surface area (Å²) in [5.41, 5.74) is 0.429. The molecule has 0 spiro atoms. The first-order valence-corrected chi connectivity index (χ1v) is 17.8. The van der Waals surface area contributed by atoms with Crippen molar-refractivity contribution in [2.24, 2.45) is 4.99 Å². The maximum Gasteiger partial charge on any atom is 0.433 e. The Kier molecular flexibility index (Phi) is 10.5. The molecule has 1 atom stereocenters. The lowest BCUT2D eigenvalue weighted by Crippen LogP contribution is -2.40. The van der Waals surface area contributed by atoms with Crippen molar-refractivity contribution in [1.29, 1.82) is 0 Å². The van der Waals surface area contributed by atoms with E-state index >= 15 is 0 Å². The number of carbonyl (C=O) groups is 1. The fourth-order valence-corrected chi connectivity index (χ4v) is 7.51. The SMILES string of the molecule is CCCC1=C(C(=O)OCC)[C@@H](c2cc(Br)ccc2OC)n2c(s/c(=C\c3ccc(Sc4nc(-c5ccccc5)cc(C(F)(F)F)n4)o3)c2=O)=N1. The Morgan fingerprint density at radius 2 is 1.88 bits per heavy atom. The van der Waals surface area contributed by atoms with Crippen LogP contribution < -0.4 is 19.6 Å². The quantitative estimate of drug-likeness (QED) is 0.105. The monoisotopic (exact) mass is 784 g/mol. The fourth-order valence-electron chi connectivity index (χ4n) is 5.39. The number of thiazole rings is 1. The number of halogens is 4. The van der Waals surface area contributed by atoms with Crippen molar-refractivity contribution >= 4 is 51.1 Å². The van der Waals surface area contributed by atoms with E-state index in [0.717, 1.165) is 29.2 Å². The van der Waals surface area contributed by atoms with E-state index in [1.807, 2.05) is 6.92 Å². The van der Waals surface area contributed by atoms with Crippen molar-refractivity contribution in [3.8, 4) is 17.0 Å². The Morgan fingerprint density at radius 3 is 2.58 bits per heavy atom. The van der Waals surface area contributed by atoms with Crippen LogP contribution >= 0.6 is 39.0 Å². The molecule has 0 fully saturated rings. The second kappa shape index (κ2) is 14.8. The van der Waals surface area contributed by atoms with Crippen LogP contribution in [0.15, 0.2) is 107 Å². The third-order valence-corrected chi connectivity index (χ3v) is 9.77. The van der Waals surface area contributed by atoms with Gasteiger partial charge in [0, 0.05) is 21.7 Å². The predicted octanol–water partition coefficient (Wildman–Crippen LogP) is 7.57. The molecule has 9 nitrogen and oxygen atoms in total. The first kappa shape index (κ1) is 35.4. The lowest BCUT2D eigenvalue weighted by molar-refractivity contribution is -0.141. The summed E-state index contributed by atoms with van der Waals surface area (Å²) in [6, 6.07) is 17.0. The van der Waals surface area contributed by atoms with Gasteiger partial charge in [0.2, 0.25) is 0 Å². The summed E-state index contributed by atoms with van der Waals surface area (Å²) in [6.45, 7) is 3.81. The van der Waals surface area contributed by atoms with Crippen molar-refractivity contribution in [3.05, 3.63) is 119 Å². The predicted molar refractivity (Wildman–Crippen MR) is 186 cm³/mol. The van der Waals surface area contributed by atoms with Crippen LogP contribution in [0.1, 0.15) is 49.7 Å². The first-order valence-electron chi connectivity index (χ1n) is 15.4. The van der Waals surface area contributed by atoms with Crippen molar-refractivity contribution < 1.29 is 31.9 Å². The van der Waals surface area contributed by atoms with Gasteiger partial charge in [-0.15, -0.1) is 0 Å². The molecule has 3 aromatic heterocycles. The number of ether oxygens (including phenoxy) is 2. The number of aromatic nitrogens is 3. The van der Waals surface area contributed by atoms with Gasteiger partial charge in [-0.1, -0.05) is 70.9 Å². The smallest absolute Gasteiger partial charge is 0.433 e. The molecule has 0 amide bonds. The number of benzene rings is 2.